The van der Waals surface area contributed by atoms with Gasteiger partial charge in [-0.15, -0.1) is 0 Å². The van der Waals surface area contributed by atoms with Crippen LogP contribution >= 0.6 is 0 Å². The molecule has 1 aliphatic heterocycles. The Balaban J connectivity index is 1.83. The van der Waals surface area contributed by atoms with Crippen LogP contribution in [0.1, 0.15) is 49.5 Å². The van der Waals surface area contributed by atoms with Gasteiger partial charge in [0, 0.05) is 12.0 Å². The fraction of sp³-hybridized carbons (Fsp3) is 0.435. The van der Waals surface area contributed by atoms with E-state index in [4.69, 9.17) is 14.2 Å². The average Bonchev–Trinajstić information content (AvgIpc) is 3.10. The minimum Gasteiger partial charge on any atom is -0.493 e. The van der Waals surface area contributed by atoms with Crippen LogP contribution in [0.15, 0.2) is 42.5 Å². The van der Waals surface area contributed by atoms with E-state index < -0.39 is 0 Å². The van der Waals surface area contributed by atoms with Gasteiger partial charge >= 0.3 is 0 Å². The predicted molar refractivity (Wildman–Crippen MR) is 116 cm³/mol. The van der Waals surface area contributed by atoms with Crippen LogP contribution < -0.4 is 30.4 Å². The summed E-state index contributed by atoms with van der Waals surface area (Å²) in [5, 5.41) is 3.10. The number of para-hydroxylation sites is 1. The Kier molecular flexibility index (Phi) is 7.54. The molecule has 1 saturated heterocycles. The number of carbonyl (C=O) groups excluding carboxylic acids is 1. The van der Waals surface area contributed by atoms with Crippen molar-refractivity contribution in [2.24, 2.45) is 0 Å². The highest BCUT2D eigenvalue weighted by Gasteiger charge is 2.36. The molecule has 0 spiro atoms. The van der Waals surface area contributed by atoms with Crippen LogP contribution in [0.2, 0.25) is 0 Å². The van der Waals surface area contributed by atoms with Crippen molar-refractivity contribution in [3.63, 3.8) is 0 Å². The number of hydrogen-bond donors (Lipinski definition) is 3. The van der Waals surface area contributed by atoms with Crippen molar-refractivity contribution >= 4 is 5.91 Å². The lowest BCUT2D eigenvalue weighted by molar-refractivity contribution is 0.0924. The fourth-order valence-corrected chi connectivity index (χ4v) is 3.73. The summed E-state index contributed by atoms with van der Waals surface area (Å²) in [5.41, 5.74) is 8.01. The molecule has 3 atom stereocenters. The van der Waals surface area contributed by atoms with Gasteiger partial charge in [0.1, 0.15) is 11.9 Å². The Morgan fingerprint density at radius 3 is 2.30 bits per heavy atom. The van der Waals surface area contributed by atoms with Gasteiger partial charge < -0.3 is 19.5 Å². The number of amides is 1. The van der Waals surface area contributed by atoms with Crippen molar-refractivity contribution in [2.75, 3.05) is 19.8 Å². The Morgan fingerprint density at radius 2 is 1.57 bits per heavy atom. The van der Waals surface area contributed by atoms with Crippen molar-refractivity contribution in [1.29, 1.82) is 0 Å². The summed E-state index contributed by atoms with van der Waals surface area (Å²) in [4.78, 5) is 13.0. The number of benzene rings is 2. The van der Waals surface area contributed by atoms with Gasteiger partial charge in [0.2, 0.25) is 0 Å². The Bertz CT molecular complexity index is 858. The number of hydrogen-bond acceptors (Lipinski definition) is 6. The standard InChI is InChI=1S/C23H31N3O4/c1-5-28-18-11-9-8-10-17(18)23(27)24-22-21(15(4)25-26-22)16-12-13-19(29-6-2)20(14-16)30-7-3/h8-15,21-22,25-26H,5-7H2,1-4H3,(H,24,27). The maximum absolute atomic E-state index is 13.0. The second-order valence-corrected chi connectivity index (χ2v) is 7.06. The molecule has 0 radical (unpaired) electrons. The number of carbonyl (C=O) groups is 1. The minimum absolute atomic E-state index is 0.00286. The summed E-state index contributed by atoms with van der Waals surface area (Å²) in [7, 11) is 0. The van der Waals surface area contributed by atoms with Crippen molar-refractivity contribution in [2.45, 2.75) is 45.8 Å². The second-order valence-electron chi connectivity index (χ2n) is 7.06. The molecule has 0 aliphatic carbocycles. The third-order valence-electron chi connectivity index (χ3n) is 5.03. The van der Waals surface area contributed by atoms with Crippen molar-refractivity contribution in [3.8, 4) is 17.2 Å². The highest BCUT2D eigenvalue weighted by Crippen LogP contribution is 2.34. The van der Waals surface area contributed by atoms with Crippen LogP contribution in [0.25, 0.3) is 0 Å². The van der Waals surface area contributed by atoms with Crippen LogP contribution in [-0.4, -0.2) is 37.9 Å². The van der Waals surface area contributed by atoms with Gasteiger partial charge in [-0.1, -0.05) is 18.2 Å². The largest absolute Gasteiger partial charge is 0.493 e. The lowest BCUT2D eigenvalue weighted by Gasteiger charge is -2.24. The Hall–Kier alpha value is -2.77. The van der Waals surface area contributed by atoms with E-state index in [9.17, 15) is 4.79 Å². The molecule has 0 aromatic heterocycles. The predicted octanol–water partition coefficient (Wildman–Crippen LogP) is 3.22. The quantitative estimate of drug-likeness (QED) is 0.586. The van der Waals surface area contributed by atoms with Crippen molar-refractivity contribution in [1.82, 2.24) is 16.2 Å². The van der Waals surface area contributed by atoms with E-state index in [1.165, 1.54) is 0 Å². The maximum Gasteiger partial charge on any atom is 0.256 e. The fourth-order valence-electron chi connectivity index (χ4n) is 3.73. The molecule has 1 heterocycles. The van der Waals surface area contributed by atoms with Gasteiger partial charge in [0.05, 0.1) is 25.4 Å². The van der Waals surface area contributed by atoms with E-state index in [0.717, 1.165) is 11.3 Å². The molecule has 1 aliphatic rings. The lowest BCUT2D eigenvalue weighted by atomic mass is 9.91. The van der Waals surface area contributed by atoms with E-state index in [0.29, 0.717) is 36.9 Å². The summed E-state index contributed by atoms with van der Waals surface area (Å²) in [6.07, 6.45) is -0.297. The molecule has 7 nitrogen and oxygen atoms in total. The van der Waals surface area contributed by atoms with Gasteiger partial charge in [0.25, 0.3) is 5.91 Å². The first-order chi connectivity index (χ1) is 14.6. The zero-order valence-electron chi connectivity index (χ0n) is 18.0. The van der Waals surface area contributed by atoms with Crippen LogP contribution in [0.4, 0.5) is 0 Å². The lowest BCUT2D eigenvalue weighted by Crippen LogP contribution is -2.46. The Labute approximate surface area is 178 Å². The van der Waals surface area contributed by atoms with Crippen LogP contribution in [-0.2, 0) is 0 Å². The van der Waals surface area contributed by atoms with E-state index in [2.05, 4.69) is 23.1 Å². The van der Waals surface area contributed by atoms with Crippen molar-refractivity contribution in [3.05, 3.63) is 53.6 Å². The molecule has 1 fully saturated rings. The van der Waals surface area contributed by atoms with Crippen LogP contribution in [0.5, 0.6) is 17.2 Å². The first-order valence-corrected chi connectivity index (χ1v) is 10.5. The summed E-state index contributed by atoms with van der Waals surface area (Å²) in [5.74, 6) is 1.83. The molecule has 30 heavy (non-hydrogen) atoms. The molecule has 0 bridgehead atoms. The molecule has 3 unspecified atom stereocenters. The van der Waals surface area contributed by atoms with Gasteiger partial charge in [-0.2, -0.15) is 0 Å². The monoisotopic (exact) mass is 413 g/mol. The molecular weight excluding hydrogens is 382 g/mol. The van der Waals surface area contributed by atoms with Crippen molar-refractivity contribution < 1.29 is 19.0 Å². The van der Waals surface area contributed by atoms with E-state index in [1.54, 1.807) is 12.1 Å². The topological polar surface area (TPSA) is 80.9 Å². The van der Waals surface area contributed by atoms with E-state index >= 15 is 0 Å². The number of nitrogens with one attached hydrogen (secondary N) is 3. The third kappa shape index (κ3) is 4.86. The van der Waals surface area contributed by atoms with Gasteiger partial charge in [0.15, 0.2) is 11.5 Å². The SMILES string of the molecule is CCOc1ccc(C2C(C)NNC2NC(=O)c2ccccc2OCC)cc1OCC. The zero-order valence-corrected chi connectivity index (χ0v) is 18.0. The molecule has 3 N–H and O–H groups in total. The Morgan fingerprint density at radius 1 is 0.900 bits per heavy atom. The molecule has 1 amide bonds. The highest BCUT2D eigenvalue weighted by atomic mass is 16.5. The summed E-state index contributed by atoms with van der Waals surface area (Å²) in [6, 6.07) is 13.3. The minimum atomic E-state index is -0.297. The van der Waals surface area contributed by atoms with E-state index in [-0.39, 0.29) is 24.0 Å². The van der Waals surface area contributed by atoms with Gasteiger partial charge in [-0.25, -0.2) is 5.43 Å². The normalized spacial score (nSPS) is 20.6. The van der Waals surface area contributed by atoms with Gasteiger partial charge in [-0.3, -0.25) is 10.2 Å². The molecule has 162 valence electrons. The molecule has 2 aromatic carbocycles. The summed E-state index contributed by atoms with van der Waals surface area (Å²) < 4.78 is 17.1. The van der Waals surface area contributed by atoms with Gasteiger partial charge in [-0.05, 0) is 57.5 Å². The molecule has 3 rings (SSSR count). The first-order valence-electron chi connectivity index (χ1n) is 10.5. The van der Waals surface area contributed by atoms with Crippen LogP contribution in [0.3, 0.4) is 0 Å². The summed E-state index contributed by atoms with van der Waals surface area (Å²) in [6.45, 7) is 9.49. The second kappa shape index (κ2) is 10.3. The zero-order chi connectivity index (χ0) is 21.5. The number of ether oxygens (including phenoxy) is 3. The smallest absolute Gasteiger partial charge is 0.256 e. The molecule has 7 heteroatoms. The maximum atomic E-state index is 13.0. The third-order valence-corrected chi connectivity index (χ3v) is 5.03. The van der Waals surface area contributed by atoms with Crippen LogP contribution in [0, 0.1) is 0 Å². The first kappa shape index (κ1) is 21.9. The summed E-state index contributed by atoms with van der Waals surface area (Å²) >= 11 is 0. The molecule has 2 aromatic rings. The average molecular weight is 414 g/mol. The molecular formula is C23H31N3O4. The number of rotatable bonds is 9. The van der Waals surface area contributed by atoms with E-state index in [1.807, 2.05) is 51.1 Å². The molecule has 0 saturated carbocycles. The number of hydrazine groups is 1. The highest BCUT2D eigenvalue weighted by molar-refractivity contribution is 5.97.